The molecule has 1 rings (SSSR count). The molecule has 7 heteroatoms. The van der Waals surface area contributed by atoms with Gasteiger partial charge in [0.15, 0.2) is 0 Å². The molecular weight excluding hydrogens is 785 g/mol. The number of aliphatic hydroxyl groups is 2. The molecule has 7 nitrogen and oxygen atoms in total. The standard InChI is InChI=1S/C56H92O7/c1-12-13-38-62-55(59)37-36-43(3)39-51(57)32-26-20-18-16-14-15-17-19-24-30-42(2)40-53(58)50(10)54-35-29-23-28-34-52(61-11)33-27-22-21-25-31-44(4)46(6)48(8)49(9)47(7)45(5)41-56(60)63-54/h14-22,24-27,30,40,43-54,57-58H,12-13,23,28-29,31-39,41H2,1-11H3/b15-14+,18-16+,19-17+,25-21+,26-20+,27-22-,30-24+,42-40+. The van der Waals surface area contributed by atoms with E-state index >= 15 is 0 Å². The smallest absolute Gasteiger partial charge is 0.306 e. The Morgan fingerprint density at radius 3 is 2.08 bits per heavy atom. The van der Waals surface area contributed by atoms with Gasteiger partial charge in [-0.25, -0.2) is 0 Å². The highest BCUT2D eigenvalue weighted by molar-refractivity contribution is 5.70. The highest BCUT2D eigenvalue weighted by Crippen LogP contribution is 2.36. The lowest BCUT2D eigenvalue weighted by atomic mass is 9.70. The van der Waals surface area contributed by atoms with Crippen LogP contribution in [0, 0.1) is 47.3 Å². The summed E-state index contributed by atoms with van der Waals surface area (Å²) in [6.45, 7) is 22.5. The number of cyclic esters (lactones) is 1. The van der Waals surface area contributed by atoms with Crippen molar-refractivity contribution >= 4 is 11.9 Å². The first-order valence-electron chi connectivity index (χ1n) is 24.7. The first-order valence-corrected chi connectivity index (χ1v) is 24.7. The van der Waals surface area contributed by atoms with Crippen molar-refractivity contribution in [2.24, 2.45) is 47.3 Å². The van der Waals surface area contributed by atoms with Crippen LogP contribution in [0.5, 0.6) is 0 Å². The molecule has 0 saturated heterocycles. The molecule has 1 aliphatic heterocycles. The minimum Gasteiger partial charge on any atom is -0.466 e. The molecule has 358 valence electrons. The molecule has 0 aromatic heterocycles. The van der Waals surface area contributed by atoms with Gasteiger partial charge in [-0.2, -0.15) is 0 Å². The van der Waals surface area contributed by atoms with Gasteiger partial charge in [0.05, 0.1) is 24.9 Å². The largest absolute Gasteiger partial charge is 0.466 e. The Hall–Kier alpha value is -3.26. The summed E-state index contributed by atoms with van der Waals surface area (Å²) in [5, 5.41) is 21.8. The van der Waals surface area contributed by atoms with Gasteiger partial charge in [0.1, 0.15) is 6.10 Å². The van der Waals surface area contributed by atoms with Gasteiger partial charge in [-0.3, -0.25) is 9.59 Å². The van der Waals surface area contributed by atoms with Crippen LogP contribution in [0.25, 0.3) is 0 Å². The van der Waals surface area contributed by atoms with E-state index in [0.29, 0.717) is 68.3 Å². The van der Waals surface area contributed by atoms with E-state index in [2.05, 4.69) is 79.7 Å². The SMILES string of the molecule is CCCCOC(=O)CCC(C)CC(O)C/C=C/C=C/C=C/C=C/C=C/C(C)=C/C(O)C(C)C1CCCCCC(OC)C/C=C\C=C\CC(C)C(C)C(C)C(C)C(C)C(C)CC(=O)O1. The molecule has 12 atom stereocenters. The van der Waals surface area contributed by atoms with E-state index in [1.165, 1.54) is 0 Å². The predicted molar refractivity (Wildman–Crippen MR) is 265 cm³/mol. The fraction of sp³-hybridized carbons (Fsp3) is 0.679. The van der Waals surface area contributed by atoms with E-state index in [0.717, 1.165) is 63.4 Å². The summed E-state index contributed by atoms with van der Waals surface area (Å²) < 4.78 is 17.3. The third-order valence-electron chi connectivity index (χ3n) is 13.7. The van der Waals surface area contributed by atoms with E-state index < -0.39 is 12.2 Å². The quantitative estimate of drug-likeness (QED) is 0.0757. The number of rotatable bonds is 19. The van der Waals surface area contributed by atoms with E-state index in [1.54, 1.807) is 7.11 Å². The van der Waals surface area contributed by atoms with Gasteiger partial charge in [-0.05, 0) is 106 Å². The predicted octanol–water partition coefficient (Wildman–Crippen LogP) is 13.6. The van der Waals surface area contributed by atoms with Gasteiger partial charge in [-0.15, -0.1) is 0 Å². The minimum atomic E-state index is -0.761. The maximum atomic E-state index is 13.6. The van der Waals surface area contributed by atoms with Crippen LogP contribution in [-0.2, 0) is 23.8 Å². The minimum absolute atomic E-state index is 0.149. The topological polar surface area (TPSA) is 102 Å². The molecule has 2 N–H and O–H groups in total. The highest BCUT2D eigenvalue weighted by Gasteiger charge is 2.32. The van der Waals surface area contributed by atoms with Crippen molar-refractivity contribution in [1.29, 1.82) is 0 Å². The van der Waals surface area contributed by atoms with Crippen molar-refractivity contribution in [3.8, 4) is 0 Å². The fourth-order valence-corrected chi connectivity index (χ4v) is 8.26. The lowest BCUT2D eigenvalue weighted by Gasteiger charge is -2.36. The van der Waals surface area contributed by atoms with Crippen LogP contribution in [-0.4, -0.2) is 60.3 Å². The molecule has 0 amide bonds. The van der Waals surface area contributed by atoms with Crippen LogP contribution in [0.3, 0.4) is 0 Å². The van der Waals surface area contributed by atoms with Gasteiger partial charge in [0.2, 0.25) is 0 Å². The number of hydrogen-bond donors (Lipinski definition) is 2. The number of hydrogen-bond acceptors (Lipinski definition) is 7. The third kappa shape index (κ3) is 27.0. The highest BCUT2D eigenvalue weighted by atomic mass is 16.5. The van der Waals surface area contributed by atoms with Crippen molar-refractivity contribution in [1.82, 2.24) is 0 Å². The molecule has 0 radical (unpaired) electrons. The number of unbranched alkanes of at least 4 members (excludes halogenated alkanes) is 1. The molecule has 63 heavy (non-hydrogen) atoms. The van der Waals surface area contributed by atoms with Crippen LogP contribution < -0.4 is 0 Å². The number of ether oxygens (including phenoxy) is 3. The van der Waals surface area contributed by atoms with Crippen molar-refractivity contribution in [3.05, 3.63) is 96.7 Å². The Kier molecular flexibility index (Phi) is 32.1. The van der Waals surface area contributed by atoms with E-state index in [1.807, 2.05) is 80.7 Å². The number of esters is 2. The summed E-state index contributed by atoms with van der Waals surface area (Å²) in [7, 11) is 1.79. The van der Waals surface area contributed by atoms with Crippen molar-refractivity contribution < 1.29 is 34.0 Å². The number of methoxy groups -OCH3 is 1. The molecular formula is C56H92O7. The molecule has 0 aromatic carbocycles. The van der Waals surface area contributed by atoms with Crippen LogP contribution in [0.15, 0.2) is 96.7 Å². The van der Waals surface area contributed by atoms with E-state index in [-0.39, 0.29) is 41.9 Å². The summed E-state index contributed by atoms with van der Waals surface area (Å²) in [5.74, 6) is 2.33. The zero-order chi connectivity index (χ0) is 47.0. The Balaban J connectivity index is 2.81. The Morgan fingerprint density at radius 1 is 0.825 bits per heavy atom. The molecule has 0 spiro atoms. The van der Waals surface area contributed by atoms with Gasteiger partial charge >= 0.3 is 11.9 Å². The van der Waals surface area contributed by atoms with Gasteiger partial charge in [0.25, 0.3) is 0 Å². The maximum absolute atomic E-state index is 13.6. The molecule has 0 fully saturated rings. The maximum Gasteiger partial charge on any atom is 0.306 e. The summed E-state index contributed by atoms with van der Waals surface area (Å²) in [6.07, 6.45) is 40.0. The second-order valence-electron chi connectivity index (χ2n) is 19.0. The molecule has 0 saturated carbocycles. The summed E-state index contributed by atoms with van der Waals surface area (Å²) >= 11 is 0. The zero-order valence-electron chi connectivity index (χ0n) is 41.6. The lowest BCUT2D eigenvalue weighted by molar-refractivity contribution is -0.155. The van der Waals surface area contributed by atoms with Crippen molar-refractivity contribution in [2.45, 2.75) is 184 Å². The van der Waals surface area contributed by atoms with Gasteiger partial charge in [0, 0.05) is 25.9 Å². The third-order valence-corrected chi connectivity index (χ3v) is 13.7. The fourth-order valence-electron chi connectivity index (χ4n) is 8.26. The van der Waals surface area contributed by atoms with Crippen molar-refractivity contribution in [3.63, 3.8) is 0 Å². The number of allylic oxidation sites excluding steroid dienone is 13. The normalized spacial score (nSPS) is 29.0. The van der Waals surface area contributed by atoms with E-state index in [9.17, 15) is 19.8 Å². The Morgan fingerprint density at radius 2 is 1.43 bits per heavy atom. The van der Waals surface area contributed by atoms with Gasteiger partial charge < -0.3 is 24.4 Å². The van der Waals surface area contributed by atoms with Crippen LogP contribution >= 0.6 is 0 Å². The number of carbonyl (C=O) groups excluding carboxylic acids is 2. The molecule has 0 aromatic rings. The van der Waals surface area contributed by atoms with Gasteiger partial charge in [-0.1, -0.05) is 178 Å². The van der Waals surface area contributed by atoms with Crippen LogP contribution in [0.2, 0.25) is 0 Å². The zero-order valence-corrected chi connectivity index (χ0v) is 41.6. The monoisotopic (exact) mass is 877 g/mol. The molecule has 0 bridgehead atoms. The van der Waals surface area contributed by atoms with Crippen LogP contribution in [0.4, 0.5) is 0 Å². The Bertz CT molecular complexity index is 1470. The first kappa shape index (κ1) is 57.8. The second kappa shape index (κ2) is 35.1. The lowest BCUT2D eigenvalue weighted by Crippen LogP contribution is -2.34. The van der Waals surface area contributed by atoms with Crippen LogP contribution in [0.1, 0.15) is 159 Å². The summed E-state index contributed by atoms with van der Waals surface area (Å²) in [6, 6.07) is 0. The molecule has 0 aliphatic carbocycles. The molecule has 1 aliphatic rings. The Labute approximate surface area is 386 Å². The molecule has 12 unspecified atom stereocenters. The van der Waals surface area contributed by atoms with E-state index in [4.69, 9.17) is 14.2 Å². The van der Waals surface area contributed by atoms with Crippen molar-refractivity contribution in [2.75, 3.05) is 13.7 Å². The number of aliphatic hydroxyl groups excluding tert-OH is 2. The first-order chi connectivity index (χ1) is 30.1. The summed E-state index contributed by atoms with van der Waals surface area (Å²) in [4.78, 5) is 25.4. The number of carbonyl (C=O) groups is 2. The summed E-state index contributed by atoms with van der Waals surface area (Å²) in [5.41, 5.74) is 0.934. The average molecular weight is 877 g/mol. The average Bonchev–Trinajstić information content (AvgIpc) is 3.25. The molecule has 1 heterocycles. The second-order valence-corrected chi connectivity index (χ2v) is 19.0.